The highest BCUT2D eigenvalue weighted by Crippen LogP contribution is 2.30. The van der Waals surface area contributed by atoms with Crippen LogP contribution in [0.2, 0.25) is 0 Å². The molecule has 0 spiro atoms. The van der Waals surface area contributed by atoms with E-state index in [0.717, 1.165) is 37.5 Å². The summed E-state index contributed by atoms with van der Waals surface area (Å²) in [6.07, 6.45) is 4.57. The van der Waals surface area contributed by atoms with Crippen molar-refractivity contribution in [3.8, 4) is 11.5 Å². The first-order valence-electron chi connectivity index (χ1n) is 7.47. The number of pyridine rings is 1. The summed E-state index contributed by atoms with van der Waals surface area (Å²) in [5.74, 6) is 1.67. The van der Waals surface area contributed by atoms with Gasteiger partial charge in [0.2, 0.25) is 11.8 Å². The molecule has 0 saturated carbocycles. The molecule has 5 nitrogen and oxygen atoms in total. The Morgan fingerprint density at radius 1 is 1.33 bits per heavy atom. The molecule has 0 aliphatic carbocycles. The van der Waals surface area contributed by atoms with E-state index in [4.69, 9.17) is 4.42 Å². The van der Waals surface area contributed by atoms with Crippen LogP contribution in [0.25, 0.3) is 11.5 Å². The lowest BCUT2D eigenvalue weighted by Gasteiger charge is -2.25. The Morgan fingerprint density at radius 2 is 2.19 bits per heavy atom. The summed E-state index contributed by atoms with van der Waals surface area (Å²) in [5.41, 5.74) is 1.20. The zero-order valence-electron chi connectivity index (χ0n) is 12.9. The monoisotopic (exact) mass is 286 g/mol. The average molecular weight is 286 g/mol. The van der Waals surface area contributed by atoms with Gasteiger partial charge in [0.05, 0.1) is 11.5 Å². The molecule has 1 aliphatic rings. The van der Waals surface area contributed by atoms with Gasteiger partial charge in [-0.3, -0.25) is 4.98 Å². The molecule has 21 heavy (non-hydrogen) atoms. The minimum Gasteiger partial charge on any atom is -0.420 e. The third kappa shape index (κ3) is 3.47. The van der Waals surface area contributed by atoms with Gasteiger partial charge in [0.1, 0.15) is 0 Å². The molecule has 1 fully saturated rings. The lowest BCUT2D eigenvalue weighted by Crippen LogP contribution is -2.30. The smallest absolute Gasteiger partial charge is 0.249 e. The number of nitrogens with zero attached hydrogens (tertiary/aromatic N) is 4. The maximum atomic E-state index is 5.84. The van der Waals surface area contributed by atoms with E-state index in [0.29, 0.717) is 17.2 Å². The molecule has 1 atom stereocenters. The number of rotatable bonds is 3. The first-order valence-corrected chi connectivity index (χ1v) is 7.47. The fraction of sp³-hybridized carbons (Fsp3) is 0.562. The topological polar surface area (TPSA) is 55.1 Å². The lowest BCUT2D eigenvalue weighted by molar-refractivity contribution is 0.223. The summed E-state index contributed by atoms with van der Waals surface area (Å²) in [6, 6.07) is 3.81. The quantitative estimate of drug-likeness (QED) is 0.868. The molecule has 0 radical (unpaired) electrons. The summed E-state index contributed by atoms with van der Waals surface area (Å²) in [5, 5.41) is 8.39. The predicted octanol–water partition coefficient (Wildman–Crippen LogP) is 2.97. The minimum atomic E-state index is 0.324. The molecule has 1 saturated heterocycles. The van der Waals surface area contributed by atoms with E-state index in [9.17, 15) is 0 Å². The molecule has 2 aromatic heterocycles. The third-order valence-corrected chi connectivity index (χ3v) is 3.67. The van der Waals surface area contributed by atoms with Gasteiger partial charge in [-0.1, -0.05) is 20.8 Å². The van der Waals surface area contributed by atoms with Crippen molar-refractivity contribution in [2.24, 2.45) is 5.41 Å². The van der Waals surface area contributed by atoms with Gasteiger partial charge in [0, 0.05) is 25.5 Å². The first kappa shape index (κ1) is 14.2. The van der Waals surface area contributed by atoms with Crippen LogP contribution in [0.3, 0.4) is 0 Å². The number of likely N-dealkylation sites (tertiary alicyclic amines) is 1. The second-order valence-electron chi connectivity index (χ2n) is 6.97. The van der Waals surface area contributed by atoms with Crippen LogP contribution in [0.5, 0.6) is 0 Å². The molecular weight excluding hydrogens is 264 g/mol. The van der Waals surface area contributed by atoms with Gasteiger partial charge in [0.15, 0.2) is 0 Å². The van der Waals surface area contributed by atoms with Crippen LogP contribution in [0.1, 0.15) is 39.0 Å². The molecule has 112 valence electrons. The van der Waals surface area contributed by atoms with E-state index >= 15 is 0 Å². The Morgan fingerprint density at radius 3 is 2.90 bits per heavy atom. The zero-order valence-corrected chi connectivity index (χ0v) is 12.9. The molecule has 0 N–H and O–H groups in total. The van der Waals surface area contributed by atoms with Crippen LogP contribution >= 0.6 is 0 Å². The summed E-state index contributed by atoms with van der Waals surface area (Å²) >= 11 is 0. The zero-order chi connectivity index (χ0) is 14.9. The van der Waals surface area contributed by atoms with Gasteiger partial charge < -0.3 is 9.32 Å². The van der Waals surface area contributed by atoms with Crippen LogP contribution < -0.4 is 0 Å². The van der Waals surface area contributed by atoms with Gasteiger partial charge in [-0.15, -0.1) is 10.2 Å². The molecule has 1 aliphatic heterocycles. The SMILES string of the molecule is CC(C)(C)CN1CCC(c2nnc(-c3cccnc3)o2)C1. The molecular formula is C16H22N4O. The van der Waals surface area contributed by atoms with Gasteiger partial charge in [-0.05, 0) is 30.5 Å². The molecule has 2 aromatic rings. The van der Waals surface area contributed by atoms with Gasteiger partial charge in [-0.2, -0.15) is 0 Å². The second kappa shape index (κ2) is 5.56. The van der Waals surface area contributed by atoms with E-state index in [2.05, 4.69) is 40.9 Å². The lowest BCUT2D eigenvalue weighted by atomic mass is 9.96. The Labute approximate surface area is 125 Å². The van der Waals surface area contributed by atoms with Crippen LogP contribution in [-0.2, 0) is 0 Å². The Balaban J connectivity index is 1.68. The molecule has 0 aromatic carbocycles. The highest BCUT2D eigenvalue weighted by molar-refractivity contribution is 5.49. The normalized spacial score (nSPS) is 20.0. The van der Waals surface area contributed by atoms with Gasteiger partial charge in [0.25, 0.3) is 0 Å². The fourth-order valence-electron chi connectivity index (χ4n) is 2.85. The second-order valence-corrected chi connectivity index (χ2v) is 6.97. The van der Waals surface area contributed by atoms with Gasteiger partial charge >= 0.3 is 0 Å². The Hall–Kier alpha value is -1.75. The molecule has 1 unspecified atom stereocenters. The minimum absolute atomic E-state index is 0.324. The standard InChI is InChI=1S/C16H22N4O/c1-16(2,3)11-20-8-6-13(10-20)15-19-18-14(21-15)12-5-4-7-17-9-12/h4-5,7,9,13H,6,8,10-11H2,1-3H3. The fourth-order valence-corrected chi connectivity index (χ4v) is 2.85. The van der Waals surface area contributed by atoms with Crippen molar-refractivity contribution >= 4 is 0 Å². The summed E-state index contributed by atoms with van der Waals surface area (Å²) < 4.78 is 5.84. The molecule has 0 amide bonds. The molecule has 3 heterocycles. The van der Waals surface area contributed by atoms with Gasteiger partial charge in [-0.25, -0.2) is 0 Å². The number of hydrogen-bond donors (Lipinski definition) is 0. The van der Waals surface area contributed by atoms with Crippen molar-refractivity contribution in [3.05, 3.63) is 30.4 Å². The Kier molecular flexibility index (Phi) is 3.76. The van der Waals surface area contributed by atoms with E-state index in [-0.39, 0.29) is 0 Å². The predicted molar refractivity (Wildman–Crippen MR) is 80.8 cm³/mol. The van der Waals surface area contributed by atoms with E-state index in [1.54, 1.807) is 12.4 Å². The Bertz CT molecular complexity index is 588. The van der Waals surface area contributed by atoms with E-state index in [1.807, 2.05) is 12.1 Å². The maximum absolute atomic E-state index is 5.84. The van der Waals surface area contributed by atoms with Crippen molar-refractivity contribution in [3.63, 3.8) is 0 Å². The van der Waals surface area contributed by atoms with Crippen LogP contribution in [0.4, 0.5) is 0 Å². The maximum Gasteiger partial charge on any atom is 0.249 e. The third-order valence-electron chi connectivity index (χ3n) is 3.67. The largest absolute Gasteiger partial charge is 0.420 e. The molecule has 5 heteroatoms. The summed E-state index contributed by atoms with van der Waals surface area (Å²) in [4.78, 5) is 6.57. The van der Waals surface area contributed by atoms with Crippen molar-refractivity contribution in [2.75, 3.05) is 19.6 Å². The van der Waals surface area contributed by atoms with Crippen molar-refractivity contribution < 1.29 is 4.42 Å². The van der Waals surface area contributed by atoms with Crippen molar-refractivity contribution in [1.29, 1.82) is 0 Å². The van der Waals surface area contributed by atoms with E-state index in [1.165, 1.54) is 0 Å². The van der Waals surface area contributed by atoms with Crippen molar-refractivity contribution in [1.82, 2.24) is 20.1 Å². The number of hydrogen-bond acceptors (Lipinski definition) is 5. The average Bonchev–Trinajstić information content (AvgIpc) is 3.06. The highest BCUT2D eigenvalue weighted by atomic mass is 16.4. The summed E-state index contributed by atoms with van der Waals surface area (Å²) in [7, 11) is 0. The molecule has 3 rings (SSSR count). The first-order chi connectivity index (χ1) is 10.0. The summed E-state index contributed by atoms with van der Waals surface area (Å²) in [6.45, 7) is 10.0. The van der Waals surface area contributed by atoms with Crippen LogP contribution in [0, 0.1) is 5.41 Å². The van der Waals surface area contributed by atoms with Crippen LogP contribution in [-0.4, -0.2) is 39.7 Å². The number of aromatic nitrogens is 3. The molecule has 0 bridgehead atoms. The van der Waals surface area contributed by atoms with E-state index < -0.39 is 0 Å². The van der Waals surface area contributed by atoms with Crippen LogP contribution in [0.15, 0.2) is 28.9 Å². The van der Waals surface area contributed by atoms with Crippen molar-refractivity contribution in [2.45, 2.75) is 33.1 Å². The highest BCUT2D eigenvalue weighted by Gasteiger charge is 2.30.